The van der Waals surface area contributed by atoms with Crippen LogP contribution < -0.4 is 5.32 Å². The van der Waals surface area contributed by atoms with Crippen LogP contribution in [0.25, 0.3) is 0 Å². The van der Waals surface area contributed by atoms with Gasteiger partial charge in [-0.1, -0.05) is 31.2 Å². The second kappa shape index (κ2) is 14.9. The quantitative estimate of drug-likeness (QED) is 0.296. The van der Waals surface area contributed by atoms with Gasteiger partial charge in [-0.2, -0.15) is 0 Å². The molecule has 0 radical (unpaired) electrons. The molecular formula is C20H32FNO2. The van der Waals surface area contributed by atoms with Crippen molar-refractivity contribution in [3.63, 3.8) is 0 Å². The SMILES string of the molecule is C=C/C(F)=C\C=C(/C)C/C(=C\C(=C/COCC)CNCC)OCC. The Balaban J connectivity index is 5.14. The van der Waals surface area contributed by atoms with Crippen molar-refractivity contribution < 1.29 is 13.9 Å². The number of hydrogen-bond acceptors (Lipinski definition) is 3. The molecule has 1 N–H and O–H groups in total. The van der Waals surface area contributed by atoms with Gasteiger partial charge in [-0.15, -0.1) is 0 Å². The molecule has 0 aliphatic carbocycles. The maximum atomic E-state index is 13.1. The first kappa shape index (κ1) is 22.4. The van der Waals surface area contributed by atoms with Crippen LogP contribution >= 0.6 is 0 Å². The maximum absolute atomic E-state index is 13.1. The van der Waals surface area contributed by atoms with Crippen molar-refractivity contribution in [1.82, 2.24) is 5.32 Å². The predicted molar refractivity (Wildman–Crippen MR) is 101 cm³/mol. The highest BCUT2D eigenvalue weighted by atomic mass is 19.1. The monoisotopic (exact) mass is 337 g/mol. The van der Waals surface area contributed by atoms with Crippen molar-refractivity contribution in [3.8, 4) is 0 Å². The van der Waals surface area contributed by atoms with Crippen LogP contribution in [0.15, 0.2) is 59.7 Å². The van der Waals surface area contributed by atoms with Crippen LogP contribution in [0.1, 0.15) is 34.1 Å². The van der Waals surface area contributed by atoms with E-state index >= 15 is 0 Å². The van der Waals surface area contributed by atoms with Crippen molar-refractivity contribution in [3.05, 3.63) is 59.7 Å². The lowest BCUT2D eigenvalue weighted by Gasteiger charge is -2.11. The van der Waals surface area contributed by atoms with Gasteiger partial charge in [0.15, 0.2) is 0 Å². The molecular weight excluding hydrogens is 305 g/mol. The molecule has 0 aromatic rings. The number of hydrogen-bond donors (Lipinski definition) is 1. The highest BCUT2D eigenvalue weighted by Gasteiger charge is 2.02. The molecule has 4 heteroatoms. The smallest absolute Gasteiger partial charge is 0.122 e. The molecule has 0 aliphatic rings. The van der Waals surface area contributed by atoms with E-state index in [9.17, 15) is 4.39 Å². The van der Waals surface area contributed by atoms with Gasteiger partial charge in [0.25, 0.3) is 0 Å². The third kappa shape index (κ3) is 11.9. The summed E-state index contributed by atoms with van der Waals surface area (Å²) < 4.78 is 24.3. The molecule has 3 nitrogen and oxygen atoms in total. The molecule has 0 fully saturated rings. The number of likely N-dealkylation sites (N-methyl/N-ethyl adjacent to an activating group) is 1. The summed E-state index contributed by atoms with van der Waals surface area (Å²) in [6.07, 6.45) is 9.08. The minimum Gasteiger partial charge on any atom is -0.498 e. The zero-order valence-corrected chi connectivity index (χ0v) is 15.5. The van der Waals surface area contributed by atoms with Gasteiger partial charge in [-0.3, -0.25) is 0 Å². The van der Waals surface area contributed by atoms with E-state index in [1.54, 1.807) is 6.08 Å². The van der Waals surface area contributed by atoms with Gasteiger partial charge in [0.05, 0.1) is 13.2 Å². The molecule has 0 rings (SSSR count). The average molecular weight is 337 g/mol. The minimum atomic E-state index is -0.347. The Morgan fingerprint density at radius 1 is 1.17 bits per heavy atom. The Morgan fingerprint density at radius 3 is 2.50 bits per heavy atom. The fourth-order valence-electron chi connectivity index (χ4n) is 1.89. The maximum Gasteiger partial charge on any atom is 0.122 e. The fraction of sp³-hybridized carbons (Fsp3) is 0.500. The molecule has 0 bridgehead atoms. The molecule has 0 atom stereocenters. The summed E-state index contributed by atoms with van der Waals surface area (Å²) in [5.74, 6) is 0.514. The van der Waals surface area contributed by atoms with Gasteiger partial charge in [-0.25, -0.2) is 4.39 Å². The molecule has 0 aromatic carbocycles. The van der Waals surface area contributed by atoms with Crippen LogP contribution in [0, 0.1) is 0 Å². The summed E-state index contributed by atoms with van der Waals surface area (Å²) >= 11 is 0. The number of halogens is 1. The highest BCUT2D eigenvalue weighted by molar-refractivity contribution is 5.27. The summed E-state index contributed by atoms with van der Waals surface area (Å²) in [5.41, 5.74) is 2.13. The lowest BCUT2D eigenvalue weighted by atomic mass is 10.1. The van der Waals surface area contributed by atoms with Crippen LogP contribution in [0.4, 0.5) is 4.39 Å². The minimum absolute atomic E-state index is 0.347. The number of nitrogens with one attached hydrogen (secondary N) is 1. The lowest BCUT2D eigenvalue weighted by molar-refractivity contribution is 0.177. The molecule has 0 unspecified atom stereocenters. The van der Waals surface area contributed by atoms with Crippen LogP contribution in [-0.2, 0) is 9.47 Å². The Hall–Kier alpha value is -1.65. The molecule has 0 amide bonds. The Morgan fingerprint density at radius 2 is 1.92 bits per heavy atom. The molecule has 0 aromatic heterocycles. The van der Waals surface area contributed by atoms with Crippen LogP contribution in [0.3, 0.4) is 0 Å². The number of rotatable bonds is 13. The Bertz CT molecular complexity index is 476. The van der Waals surface area contributed by atoms with E-state index in [-0.39, 0.29) is 5.83 Å². The topological polar surface area (TPSA) is 30.5 Å². The first-order valence-corrected chi connectivity index (χ1v) is 8.53. The van der Waals surface area contributed by atoms with E-state index in [4.69, 9.17) is 9.47 Å². The van der Waals surface area contributed by atoms with Gasteiger partial charge in [0.1, 0.15) is 11.6 Å². The van der Waals surface area contributed by atoms with Crippen molar-refractivity contribution in [2.45, 2.75) is 34.1 Å². The number of allylic oxidation sites excluding steroid dienone is 5. The normalized spacial score (nSPS) is 14.0. The molecule has 0 saturated heterocycles. The average Bonchev–Trinajstić information content (AvgIpc) is 2.57. The van der Waals surface area contributed by atoms with Crippen molar-refractivity contribution in [1.29, 1.82) is 0 Å². The summed E-state index contributed by atoms with van der Waals surface area (Å²) in [6.45, 7) is 14.9. The molecule has 0 spiro atoms. The van der Waals surface area contributed by atoms with Gasteiger partial charge < -0.3 is 14.8 Å². The highest BCUT2D eigenvalue weighted by Crippen LogP contribution is 2.15. The van der Waals surface area contributed by atoms with E-state index in [1.165, 1.54) is 12.2 Å². The summed E-state index contributed by atoms with van der Waals surface area (Å²) in [4.78, 5) is 0. The Labute approximate surface area is 146 Å². The third-order valence-electron chi connectivity index (χ3n) is 3.10. The lowest BCUT2D eigenvalue weighted by Crippen LogP contribution is -2.16. The number of ether oxygens (including phenoxy) is 2. The van der Waals surface area contributed by atoms with Crippen LogP contribution in [-0.4, -0.2) is 32.9 Å². The van der Waals surface area contributed by atoms with E-state index in [1.807, 2.05) is 26.8 Å². The summed E-state index contributed by atoms with van der Waals surface area (Å²) in [5, 5.41) is 3.31. The second-order valence-corrected chi connectivity index (χ2v) is 5.21. The van der Waals surface area contributed by atoms with Crippen molar-refractivity contribution in [2.75, 3.05) is 32.9 Å². The zero-order chi connectivity index (χ0) is 18.2. The van der Waals surface area contributed by atoms with E-state index in [0.717, 1.165) is 30.0 Å². The molecule has 24 heavy (non-hydrogen) atoms. The Kier molecular flexibility index (Phi) is 13.9. The van der Waals surface area contributed by atoms with Crippen LogP contribution in [0.2, 0.25) is 0 Å². The molecule has 0 aliphatic heterocycles. The van der Waals surface area contributed by atoms with Crippen LogP contribution in [0.5, 0.6) is 0 Å². The molecule has 0 saturated carbocycles. The second-order valence-electron chi connectivity index (χ2n) is 5.21. The van der Waals surface area contributed by atoms with E-state index < -0.39 is 0 Å². The summed E-state index contributed by atoms with van der Waals surface area (Å²) in [6, 6.07) is 0. The largest absolute Gasteiger partial charge is 0.498 e. The van der Waals surface area contributed by atoms with Gasteiger partial charge in [0, 0.05) is 19.6 Å². The van der Waals surface area contributed by atoms with Gasteiger partial charge in [-0.05, 0) is 51.1 Å². The standard InChI is InChI=1S/C20H32FNO2/c1-6-19(21)11-10-17(5)14-20(24-9-4)15-18(16-22-7-2)12-13-23-8-3/h6,10-12,15,22H,1,7-9,13-14,16H2,2-5H3/b17-10+,18-12+,19-11+,20-15+. The predicted octanol–water partition coefficient (Wildman–Crippen LogP) is 4.86. The fourth-order valence-corrected chi connectivity index (χ4v) is 1.89. The summed E-state index contributed by atoms with van der Waals surface area (Å²) in [7, 11) is 0. The van der Waals surface area contributed by atoms with Crippen molar-refractivity contribution in [2.24, 2.45) is 0 Å². The van der Waals surface area contributed by atoms with E-state index in [2.05, 4.69) is 24.9 Å². The zero-order valence-electron chi connectivity index (χ0n) is 15.5. The van der Waals surface area contributed by atoms with E-state index in [0.29, 0.717) is 26.2 Å². The molecule has 136 valence electrons. The van der Waals surface area contributed by atoms with Gasteiger partial charge in [0.2, 0.25) is 0 Å². The van der Waals surface area contributed by atoms with Gasteiger partial charge >= 0.3 is 0 Å². The third-order valence-corrected chi connectivity index (χ3v) is 3.10. The molecule has 0 heterocycles. The van der Waals surface area contributed by atoms with Crippen molar-refractivity contribution >= 4 is 0 Å². The first-order valence-electron chi connectivity index (χ1n) is 8.53. The first-order chi connectivity index (χ1) is 11.6.